The standard InChI is InChI=1S/C27H28N4O6/c32-21(18-37-22-9-7-20(8-10-22)31(35)36)17-29-13-11-28(12-14-29)15-16-30-26(33)23-5-1-3-19-4-2-6-24(25(19)23)27(30)34/h1-10,21,32H,11-18H2. The van der Waals surface area contributed by atoms with Gasteiger partial charge in [-0.05, 0) is 29.7 Å². The number of amides is 2. The van der Waals surface area contributed by atoms with E-state index < -0.39 is 11.0 Å². The fourth-order valence-corrected chi connectivity index (χ4v) is 4.93. The van der Waals surface area contributed by atoms with Gasteiger partial charge in [0.1, 0.15) is 18.5 Å². The highest BCUT2D eigenvalue weighted by Crippen LogP contribution is 2.29. The summed E-state index contributed by atoms with van der Waals surface area (Å²) in [4.78, 5) is 42.1. The van der Waals surface area contributed by atoms with E-state index in [1.165, 1.54) is 29.2 Å². The second kappa shape index (κ2) is 10.6. The lowest BCUT2D eigenvalue weighted by Crippen LogP contribution is -2.51. The Morgan fingerprint density at radius 3 is 2.05 bits per heavy atom. The molecule has 3 aromatic carbocycles. The number of hydrogen-bond donors (Lipinski definition) is 1. The lowest BCUT2D eigenvalue weighted by molar-refractivity contribution is -0.384. The van der Waals surface area contributed by atoms with Crippen LogP contribution in [0, 0.1) is 10.1 Å². The van der Waals surface area contributed by atoms with Gasteiger partial charge in [0.15, 0.2) is 0 Å². The molecule has 1 unspecified atom stereocenters. The van der Waals surface area contributed by atoms with Crippen LogP contribution < -0.4 is 4.74 Å². The number of aliphatic hydroxyl groups is 1. The molecule has 0 spiro atoms. The van der Waals surface area contributed by atoms with Gasteiger partial charge in [0.2, 0.25) is 0 Å². The Bertz CT molecular complexity index is 1270. The summed E-state index contributed by atoms with van der Waals surface area (Å²) in [5.41, 5.74) is 1.13. The number of nitro groups is 1. The average molecular weight is 505 g/mol. The van der Waals surface area contributed by atoms with Gasteiger partial charge in [0, 0.05) is 74.5 Å². The van der Waals surface area contributed by atoms with Crippen LogP contribution in [0.5, 0.6) is 5.75 Å². The van der Waals surface area contributed by atoms with Crippen LogP contribution in [0.15, 0.2) is 60.7 Å². The molecular weight excluding hydrogens is 476 g/mol. The van der Waals surface area contributed by atoms with Crippen molar-refractivity contribution < 1.29 is 24.4 Å². The second-order valence-corrected chi connectivity index (χ2v) is 9.33. The smallest absolute Gasteiger partial charge is 0.269 e. The molecule has 2 amide bonds. The first-order chi connectivity index (χ1) is 17.9. The molecule has 5 rings (SSSR count). The Balaban J connectivity index is 1.08. The third-order valence-electron chi connectivity index (χ3n) is 6.92. The molecule has 1 atom stereocenters. The van der Waals surface area contributed by atoms with Crippen LogP contribution in [0.3, 0.4) is 0 Å². The van der Waals surface area contributed by atoms with Gasteiger partial charge in [-0.2, -0.15) is 0 Å². The monoisotopic (exact) mass is 504 g/mol. The highest BCUT2D eigenvalue weighted by atomic mass is 16.6. The summed E-state index contributed by atoms with van der Waals surface area (Å²) in [5.74, 6) is -0.0247. The van der Waals surface area contributed by atoms with Gasteiger partial charge >= 0.3 is 0 Å². The molecule has 10 nitrogen and oxygen atoms in total. The molecule has 0 aromatic heterocycles. The maximum Gasteiger partial charge on any atom is 0.269 e. The van der Waals surface area contributed by atoms with E-state index in [2.05, 4.69) is 9.80 Å². The van der Waals surface area contributed by atoms with Gasteiger partial charge in [0.25, 0.3) is 17.5 Å². The molecule has 1 fully saturated rings. The predicted octanol–water partition coefficient (Wildman–Crippen LogP) is 2.40. The van der Waals surface area contributed by atoms with E-state index in [9.17, 15) is 24.8 Å². The molecule has 0 aliphatic carbocycles. The van der Waals surface area contributed by atoms with Crippen molar-refractivity contribution >= 4 is 28.3 Å². The molecule has 2 heterocycles. The SMILES string of the molecule is O=C1c2cccc3cccc(c23)C(=O)N1CCN1CCN(CC(O)COc2ccc([N+](=O)[O-])cc2)CC1. The van der Waals surface area contributed by atoms with Gasteiger partial charge in [-0.15, -0.1) is 0 Å². The number of benzene rings is 3. The van der Waals surface area contributed by atoms with Crippen LogP contribution in [0.2, 0.25) is 0 Å². The van der Waals surface area contributed by atoms with Gasteiger partial charge < -0.3 is 9.84 Å². The van der Waals surface area contributed by atoms with Crippen LogP contribution >= 0.6 is 0 Å². The fourth-order valence-electron chi connectivity index (χ4n) is 4.93. The van der Waals surface area contributed by atoms with Crippen LogP contribution in [0.1, 0.15) is 20.7 Å². The number of non-ortho nitro benzene ring substituents is 1. The Morgan fingerprint density at radius 2 is 1.46 bits per heavy atom. The van der Waals surface area contributed by atoms with Crippen molar-refractivity contribution in [3.63, 3.8) is 0 Å². The Labute approximate surface area is 213 Å². The maximum absolute atomic E-state index is 13.1. The number of nitrogens with zero attached hydrogens (tertiary/aromatic N) is 4. The zero-order valence-corrected chi connectivity index (χ0v) is 20.3. The molecule has 192 valence electrons. The normalized spacial score (nSPS) is 17.3. The summed E-state index contributed by atoms with van der Waals surface area (Å²) in [6.45, 7) is 4.48. The summed E-state index contributed by atoms with van der Waals surface area (Å²) in [6.07, 6.45) is -0.701. The molecule has 1 saturated heterocycles. The Hall–Kier alpha value is -3.86. The molecule has 2 aliphatic rings. The topological polar surface area (TPSA) is 116 Å². The zero-order chi connectivity index (χ0) is 25.9. The Morgan fingerprint density at radius 1 is 0.865 bits per heavy atom. The molecule has 3 aromatic rings. The summed E-state index contributed by atoms with van der Waals surface area (Å²) < 4.78 is 5.56. The summed E-state index contributed by atoms with van der Waals surface area (Å²) in [5, 5.41) is 22.7. The fraction of sp³-hybridized carbons (Fsp3) is 0.333. The molecule has 37 heavy (non-hydrogen) atoms. The van der Waals surface area contributed by atoms with Crippen molar-refractivity contribution in [3.8, 4) is 5.75 Å². The van der Waals surface area contributed by atoms with Crippen molar-refractivity contribution in [1.82, 2.24) is 14.7 Å². The number of hydrogen-bond acceptors (Lipinski definition) is 8. The average Bonchev–Trinajstić information content (AvgIpc) is 2.91. The minimum absolute atomic E-state index is 0.0121. The number of piperazine rings is 1. The van der Waals surface area contributed by atoms with Crippen LogP contribution in [-0.2, 0) is 0 Å². The number of aliphatic hydroxyl groups excluding tert-OH is 1. The molecule has 0 radical (unpaired) electrons. The summed E-state index contributed by atoms with van der Waals surface area (Å²) in [6, 6.07) is 16.8. The highest BCUT2D eigenvalue weighted by Gasteiger charge is 2.33. The first kappa shape index (κ1) is 24.8. The minimum atomic E-state index is -0.701. The van der Waals surface area contributed by atoms with Gasteiger partial charge in [0.05, 0.1) is 4.92 Å². The van der Waals surface area contributed by atoms with E-state index in [0.717, 1.165) is 37.0 Å². The lowest BCUT2D eigenvalue weighted by atomic mass is 9.94. The highest BCUT2D eigenvalue weighted by molar-refractivity contribution is 6.25. The van der Waals surface area contributed by atoms with Gasteiger partial charge in [-0.1, -0.05) is 24.3 Å². The third kappa shape index (κ3) is 5.31. The van der Waals surface area contributed by atoms with Gasteiger partial charge in [-0.3, -0.25) is 34.4 Å². The number of nitro benzene ring substituents is 1. The quantitative estimate of drug-likeness (QED) is 0.268. The second-order valence-electron chi connectivity index (χ2n) is 9.33. The first-order valence-corrected chi connectivity index (χ1v) is 12.3. The summed E-state index contributed by atoms with van der Waals surface area (Å²) in [7, 11) is 0. The van der Waals surface area contributed by atoms with E-state index >= 15 is 0 Å². The van der Waals surface area contributed by atoms with Crippen molar-refractivity contribution in [2.75, 3.05) is 52.4 Å². The number of imide groups is 1. The number of carbonyl (C=O) groups excluding carboxylic acids is 2. The summed E-state index contributed by atoms with van der Waals surface area (Å²) >= 11 is 0. The van der Waals surface area contributed by atoms with Crippen molar-refractivity contribution in [1.29, 1.82) is 0 Å². The molecule has 1 N–H and O–H groups in total. The van der Waals surface area contributed by atoms with E-state index in [-0.39, 0.29) is 24.1 Å². The largest absolute Gasteiger partial charge is 0.491 e. The number of carbonyl (C=O) groups is 2. The van der Waals surface area contributed by atoms with Crippen molar-refractivity contribution in [2.45, 2.75) is 6.10 Å². The van der Waals surface area contributed by atoms with Crippen LogP contribution in [-0.4, -0.2) is 95.1 Å². The maximum atomic E-state index is 13.1. The first-order valence-electron chi connectivity index (χ1n) is 12.3. The number of β-amino-alcohol motifs (C(OH)–C–C–N with tert-alkyl or cyclic N) is 1. The third-order valence-corrected chi connectivity index (χ3v) is 6.92. The van der Waals surface area contributed by atoms with E-state index in [1.54, 1.807) is 12.1 Å². The molecular formula is C27H28N4O6. The van der Waals surface area contributed by atoms with Crippen molar-refractivity contribution in [3.05, 3.63) is 81.9 Å². The molecule has 2 aliphatic heterocycles. The molecule has 0 saturated carbocycles. The van der Waals surface area contributed by atoms with E-state index in [4.69, 9.17) is 4.74 Å². The molecule has 0 bridgehead atoms. The Kier molecular flexibility index (Phi) is 7.13. The van der Waals surface area contributed by atoms with E-state index in [1.807, 2.05) is 24.3 Å². The molecule has 10 heteroatoms. The van der Waals surface area contributed by atoms with Crippen molar-refractivity contribution in [2.24, 2.45) is 0 Å². The van der Waals surface area contributed by atoms with Gasteiger partial charge in [-0.25, -0.2) is 0 Å². The van der Waals surface area contributed by atoms with Crippen LogP contribution in [0.4, 0.5) is 5.69 Å². The van der Waals surface area contributed by atoms with Crippen LogP contribution in [0.25, 0.3) is 10.8 Å². The predicted molar refractivity (Wildman–Crippen MR) is 137 cm³/mol. The lowest BCUT2D eigenvalue weighted by Gasteiger charge is -2.36. The zero-order valence-electron chi connectivity index (χ0n) is 20.3. The number of rotatable bonds is 9. The number of ether oxygens (including phenoxy) is 1. The minimum Gasteiger partial charge on any atom is -0.491 e. The van der Waals surface area contributed by atoms with E-state index in [0.29, 0.717) is 36.5 Å².